The molecule has 12 heavy (non-hydrogen) atoms. The lowest BCUT2D eigenvalue weighted by Crippen LogP contribution is -2.11. The first kappa shape index (κ1) is 7.53. The molecular formula is C9H13N3. The summed E-state index contributed by atoms with van der Waals surface area (Å²) in [6, 6.07) is 0. The van der Waals surface area contributed by atoms with Crippen molar-refractivity contribution in [3.8, 4) is 0 Å². The Morgan fingerprint density at radius 2 is 2.33 bits per heavy atom. The van der Waals surface area contributed by atoms with Gasteiger partial charge in [-0.05, 0) is 32.3 Å². The van der Waals surface area contributed by atoms with Crippen molar-refractivity contribution in [3.63, 3.8) is 0 Å². The summed E-state index contributed by atoms with van der Waals surface area (Å²) in [7, 11) is 0. The minimum atomic E-state index is 1.02. The molecule has 2 heterocycles. The van der Waals surface area contributed by atoms with Gasteiger partial charge in [-0.3, -0.25) is 0 Å². The fourth-order valence-electron chi connectivity index (χ4n) is 1.65. The van der Waals surface area contributed by atoms with E-state index in [0.717, 1.165) is 18.8 Å². The highest BCUT2D eigenvalue weighted by Crippen LogP contribution is 2.25. The number of rotatable bonds is 0. The average Bonchev–Trinajstić information content (AvgIpc) is 2.49. The summed E-state index contributed by atoms with van der Waals surface area (Å²) < 4.78 is 1.99. The topological polar surface area (TPSA) is 30.7 Å². The van der Waals surface area contributed by atoms with E-state index in [-0.39, 0.29) is 0 Å². The summed E-state index contributed by atoms with van der Waals surface area (Å²) in [4.78, 5) is 4.25. The number of fused-ring (bicyclic) bond motifs is 1. The predicted molar refractivity (Wildman–Crippen MR) is 47.5 cm³/mol. The predicted octanol–water partition coefficient (Wildman–Crippen LogP) is 1.87. The van der Waals surface area contributed by atoms with Crippen LogP contribution in [0.15, 0.2) is 11.9 Å². The molecule has 1 aromatic rings. The number of nitrogens with zero attached hydrogens (tertiary/aromatic N) is 3. The number of aryl methyl sites for hydroxylation is 1. The Morgan fingerprint density at radius 3 is 3.08 bits per heavy atom. The molecule has 0 amide bonds. The maximum atomic E-state index is 4.25. The van der Waals surface area contributed by atoms with Crippen LogP contribution in [0.25, 0.3) is 5.57 Å². The van der Waals surface area contributed by atoms with Gasteiger partial charge in [0.25, 0.3) is 0 Å². The van der Waals surface area contributed by atoms with Crippen LogP contribution >= 0.6 is 0 Å². The van der Waals surface area contributed by atoms with Gasteiger partial charge in [0, 0.05) is 6.54 Å². The van der Waals surface area contributed by atoms with Crippen molar-refractivity contribution in [3.05, 3.63) is 17.7 Å². The van der Waals surface area contributed by atoms with Gasteiger partial charge in [0.05, 0.1) is 0 Å². The zero-order valence-corrected chi connectivity index (χ0v) is 7.54. The van der Waals surface area contributed by atoms with E-state index in [4.69, 9.17) is 0 Å². The van der Waals surface area contributed by atoms with Crippen molar-refractivity contribution in [2.45, 2.75) is 33.2 Å². The second-order valence-electron chi connectivity index (χ2n) is 3.39. The maximum absolute atomic E-state index is 4.25. The van der Waals surface area contributed by atoms with Gasteiger partial charge in [-0.25, -0.2) is 9.67 Å². The lowest BCUT2D eigenvalue weighted by atomic mass is 10.0. The van der Waals surface area contributed by atoms with Gasteiger partial charge in [0.15, 0.2) is 5.82 Å². The van der Waals surface area contributed by atoms with Crippen molar-refractivity contribution in [1.29, 1.82) is 0 Å². The lowest BCUT2D eigenvalue weighted by Gasteiger charge is -2.16. The Balaban J connectivity index is 2.52. The Labute approximate surface area is 72.1 Å². The minimum Gasteiger partial charge on any atom is -0.246 e. The number of aromatic nitrogens is 3. The van der Waals surface area contributed by atoms with Crippen LogP contribution in [0.5, 0.6) is 0 Å². The Kier molecular flexibility index (Phi) is 1.71. The van der Waals surface area contributed by atoms with Crippen LogP contribution < -0.4 is 0 Å². The van der Waals surface area contributed by atoms with E-state index in [0.29, 0.717) is 0 Å². The highest BCUT2D eigenvalue weighted by Gasteiger charge is 2.15. The van der Waals surface area contributed by atoms with Gasteiger partial charge >= 0.3 is 0 Å². The highest BCUT2D eigenvalue weighted by molar-refractivity contribution is 5.63. The number of hydrogen-bond acceptors (Lipinski definition) is 2. The highest BCUT2D eigenvalue weighted by atomic mass is 15.3. The summed E-state index contributed by atoms with van der Waals surface area (Å²) >= 11 is 0. The zero-order chi connectivity index (χ0) is 8.55. The Bertz CT molecular complexity index is 318. The van der Waals surface area contributed by atoms with E-state index < -0.39 is 0 Å². The molecule has 0 saturated heterocycles. The molecule has 1 aliphatic heterocycles. The first-order chi connectivity index (χ1) is 5.79. The molecule has 64 valence electrons. The first-order valence-electron chi connectivity index (χ1n) is 4.33. The monoisotopic (exact) mass is 163 g/mol. The molecule has 1 aromatic heterocycles. The molecule has 0 saturated carbocycles. The van der Waals surface area contributed by atoms with E-state index in [9.17, 15) is 0 Å². The van der Waals surface area contributed by atoms with Gasteiger partial charge in [0.1, 0.15) is 6.33 Å². The standard InChI is InChI=1S/C9H13N3/c1-7(2)8-4-3-5-12-9(8)10-6-11-12/h6H,3-5H2,1-2H3. The largest absolute Gasteiger partial charge is 0.246 e. The molecule has 0 spiro atoms. The third-order valence-electron chi connectivity index (χ3n) is 2.29. The summed E-state index contributed by atoms with van der Waals surface area (Å²) in [5, 5.41) is 4.16. The van der Waals surface area contributed by atoms with Crippen LogP contribution in [-0.4, -0.2) is 14.8 Å². The van der Waals surface area contributed by atoms with Crippen LogP contribution in [0.2, 0.25) is 0 Å². The van der Waals surface area contributed by atoms with Gasteiger partial charge in [0.2, 0.25) is 0 Å². The summed E-state index contributed by atoms with van der Waals surface area (Å²) in [6.45, 7) is 5.30. The normalized spacial score (nSPS) is 16.0. The van der Waals surface area contributed by atoms with E-state index in [2.05, 4.69) is 23.9 Å². The zero-order valence-electron chi connectivity index (χ0n) is 7.54. The average molecular weight is 163 g/mol. The van der Waals surface area contributed by atoms with Gasteiger partial charge in [-0.1, -0.05) is 5.57 Å². The minimum absolute atomic E-state index is 1.02. The molecule has 0 N–H and O–H groups in total. The Hall–Kier alpha value is -1.12. The summed E-state index contributed by atoms with van der Waals surface area (Å²) in [6.07, 6.45) is 3.99. The third kappa shape index (κ3) is 1.05. The molecule has 1 aliphatic rings. The molecule has 0 aliphatic carbocycles. The van der Waals surface area contributed by atoms with Gasteiger partial charge in [-0.2, -0.15) is 5.10 Å². The molecule has 0 unspecified atom stereocenters. The molecule has 3 heteroatoms. The molecule has 3 nitrogen and oxygen atoms in total. The molecule has 2 rings (SSSR count). The second kappa shape index (κ2) is 2.73. The van der Waals surface area contributed by atoms with Gasteiger partial charge < -0.3 is 0 Å². The quantitative estimate of drug-likeness (QED) is 0.584. The second-order valence-corrected chi connectivity index (χ2v) is 3.39. The molecule has 0 atom stereocenters. The van der Waals surface area contributed by atoms with Crippen LogP contribution in [-0.2, 0) is 6.54 Å². The van der Waals surface area contributed by atoms with Crippen molar-refractivity contribution in [1.82, 2.24) is 14.8 Å². The molecule has 0 fully saturated rings. The molecular weight excluding hydrogens is 150 g/mol. The lowest BCUT2D eigenvalue weighted by molar-refractivity contribution is 0.550. The van der Waals surface area contributed by atoms with E-state index in [1.54, 1.807) is 6.33 Å². The van der Waals surface area contributed by atoms with Crippen molar-refractivity contribution >= 4 is 5.57 Å². The first-order valence-corrected chi connectivity index (χ1v) is 4.33. The van der Waals surface area contributed by atoms with Gasteiger partial charge in [-0.15, -0.1) is 0 Å². The Morgan fingerprint density at radius 1 is 1.50 bits per heavy atom. The molecule has 0 bridgehead atoms. The van der Waals surface area contributed by atoms with Crippen molar-refractivity contribution in [2.24, 2.45) is 0 Å². The summed E-state index contributed by atoms with van der Waals surface area (Å²) in [5.74, 6) is 1.07. The smallest absolute Gasteiger partial charge is 0.153 e. The van der Waals surface area contributed by atoms with Crippen LogP contribution in [0.4, 0.5) is 0 Å². The fourth-order valence-corrected chi connectivity index (χ4v) is 1.65. The number of hydrogen-bond donors (Lipinski definition) is 0. The maximum Gasteiger partial charge on any atom is 0.153 e. The van der Waals surface area contributed by atoms with E-state index in [1.165, 1.54) is 17.6 Å². The number of allylic oxidation sites excluding steroid dienone is 2. The fraction of sp³-hybridized carbons (Fsp3) is 0.556. The van der Waals surface area contributed by atoms with E-state index in [1.807, 2.05) is 4.68 Å². The van der Waals surface area contributed by atoms with Crippen LogP contribution in [0.1, 0.15) is 32.5 Å². The van der Waals surface area contributed by atoms with E-state index >= 15 is 0 Å². The summed E-state index contributed by atoms with van der Waals surface area (Å²) in [5.41, 5.74) is 2.74. The van der Waals surface area contributed by atoms with Crippen molar-refractivity contribution < 1.29 is 0 Å². The van der Waals surface area contributed by atoms with Crippen molar-refractivity contribution in [2.75, 3.05) is 0 Å². The molecule has 0 radical (unpaired) electrons. The molecule has 0 aromatic carbocycles. The third-order valence-corrected chi connectivity index (χ3v) is 2.29. The van der Waals surface area contributed by atoms with Crippen LogP contribution in [0, 0.1) is 0 Å². The van der Waals surface area contributed by atoms with Crippen LogP contribution in [0.3, 0.4) is 0 Å². The SMILES string of the molecule is CC(C)=C1CCCn2ncnc21.